The molecule has 0 unspecified atom stereocenters. The molecule has 2 aromatic carbocycles. The Hall–Kier alpha value is -2.18. The molecule has 0 aromatic heterocycles. The Labute approximate surface area is 161 Å². The lowest BCUT2D eigenvalue weighted by molar-refractivity contribution is -0.125. The van der Waals surface area contributed by atoms with Crippen LogP contribution in [0.15, 0.2) is 46.9 Å². The number of carbonyl (C=O) groups excluding carboxylic acids is 2. The number of carbonyl (C=O) groups is 2. The zero-order chi connectivity index (χ0) is 18.7. The van der Waals surface area contributed by atoms with Gasteiger partial charge in [0.15, 0.2) is 0 Å². The third-order valence-corrected chi connectivity index (χ3v) is 5.46. The number of aryl methyl sites for hydroxylation is 1. The minimum absolute atomic E-state index is 0.0608. The summed E-state index contributed by atoms with van der Waals surface area (Å²) in [4.78, 5) is 24.6. The molecule has 0 bridgehead atoms. The Morgan fingerprint density at radius 3 is 2.35 bits per heavy atom. The monoisotopic (exact) mass is 416 g/mol. The van der Waals surface area contributed by atoms with E-state index in [4.69, 9.17) is 10.5 Å². The van der Waals surface area contributed by atoms with Crippen molar-refractivity contribution in [1.82, 2.24) is 0 Å². The van der Waals surface area contributed by atoms with Gasteiger partial charge in [-0.25, -0.2) is 0 Å². The normalized spacial score (nSPS) is 16.1. The molecule has 26 heavy (non-hydrogen) atoms. The first-order chi connectivity index (χ1) is 12.4. The molecule has 1 saturated heterocycles. The van der Waals surface area contributed by atoms with Crippen LogP contribution in [-0.4, -0.2) is 25.0 Å². The maximum atomic E-state index is 13.2. The van der Waals surface area contributed by atoms with Crippen molar-refractivity contribution in [3.05, 3.63) is 63.6 Å². The molecule has 5 nitrogen and oxygen atoms in total. The van der Waals surface area contributed by atoms with E-state index >= 15 is 0 Å². The zero-order valence-electron chi connectivity index (χ0n) is 14.5. The molecule has 0 spiro atoms. The average Bonchev–Trinajstić information content (AvgIpc) is 2.62. The lowest BCUT2D eigenvalue weighted by Gasteiger charge is -2.36. The third kappa shape index (κ3) is 3.66. The molecule has 2 aromatic rings. The van der Waals surface area contributed by atoms with Gasteiger partial charge in [0.25, 0.3) is 0 Å². The van der Waals surface area contributed by atoms with E-state index in [1.165, 1.54) is 0 Å². The number of hydrogen-bond donors (Lipinski definition) is 2. The third-order valence-electron chi connectivity index (χ3n) is 4.93. The first-order valence-corrected chi connectivity index (χ1v) is 9.27. The minimum atomic E-state index is -0.630. The van der Waals surface area contributed by atoms with Gasteiger partial charge in [0, 0.05) is 28.9 Å². The minimum Gasteiger partial charge on any atom is -0.381 e. The summed E-state index contributed by atoms with van der Waals surface area (Å²) in [6.45, 7) is 2.89. The number of halogens is 1. The molecule has 136 valence electrons. The van der Waals surface area contributed by atoms with Crippen LogP contribution in [0.25, 0.3) is 0 Å². The summed E-state index contributed by atoms with van der Waals surface area (Å²) in [5.41, 5.74) is 7.54. The van der Waals surface area contributed by atoms with E-state index in [1.807, 2.05) is 24.3 Å². The smallest absolute Gasteiger partial charge is 0.248 e. The van der Waals surface area contributed by atoms with Crippen LogP contribution in [0.4, 0.5) is 5.69 Å². The number of benzene rings is 2. The predicted molar refractivity (Wildman–Crippen MR) is 104 cm³/mol. The Bertz CT molecular complexity index is 827. The van der Waals surface area contributed by atoms with E-state index in [1.54, 1.807) is 25.1 Å². The molecule has 0 aliphatic carbocycles. The number of nitrogens with one attached hydrogen (secondary N) is 1. The fourth-order valence-electron chi connectivity index (χ4n) is 3.40. The van der Waals surface area contributed by atoms with E-state index in [-0.39, 0.29) is 5.91 Å². The highest BCUT2D eigenvalue weighted by molar-refractivity contribution is 9.10. The van der Waals surface area contributed by atoms with Crippen molar-refractivity contribution in [2.45, 2.75) is 25.2 Å². The molecule has 1 fully saturated rings. The molecule has 1 aliphatic heterocycles. The van der Waals surface area contributed by atoms with Crippen molar-refractivity contribution >= 4 is 33.4 Å². The predicted octanol–water partition coefficient (Wildman–Crippen LogP) is 3.54. The molecule has 3 rings (SSSR count). The number of primary amides is 1. The van der Waals surface area contributed by atoms with Gasteiger partial charge >= 0.3 is 0 Å². The fraction of sp³-hybridized carbons (Fsp3) is 0.300. The van der Waals surface area contributed by atoms with Gasteiger partial charge in [0.2, 0.25) is 11.8 Å². The van der Waals surface area contributed by atoms with E-state index in [0.717, 1.165) is 15.6 Å². The topological polar surface area (TPSA) is 81.4 Å². The summed E-state index contributed by atoms with van der Waals surface area (Å²) < 4.78 is 6.46. The Balaban J connectivity index is 1.90. The lowest BCUT2D eigenvalue weighted by Crippen LogP contribution is -2.44. The van der Waals surface area contributed by atoms with E-state index in [0.29, 0.717) is 37.3 Å². The summed E-state index contributed by atoms with van der Waals surface area (Å²) in [6.07, 6.45) is 1.25. The molecule has 3 N–H and O–H groups in total. The number of ether oxygens (including phenoxy) is 1. The van der Waals surface area contributed by atoms with Crippen molar-refractivity contribution < 1.29 is 14.3 Å². The van der Waals surface area contributed by atoms with E-state index in [2.05, 4.69) is 21.2 Å². The van der Waals surface area contributed by atoms with Crippen LogP contribution < -0.4 is 11.1 Å². The van der Waals surface area contributed by atoms with Crippen LogP contribution in [0.1, 0.15) is 34.3 Å². The van der Waals surface area contributed by atoms with Gasteiger partial charge in [-0.2, -0.15) is 0 Å². The Morgan fingerprint density at radius 1 is 1.12 bits per heavy atom. The maximum Gasteiger partial charge on any atom is 0.248 e. The molecule has 0 radical (unpaired) electrons. The van der Waals surface area contributed by atoms with Crippen LogP contribution in [0.3, 0.4) is 0 Å². The first kappa shape index (κ1) is 18.6. The van der Waals surface area contributed by atoms with Crippen molar-refractivity contribution in [3.63, 3.8) is 0 Å². The molecular formula is C20H21BrN2O3. The number of hydrogen-bond acceptors (Lipinski definition) is 3. The van der Waals surface area contributed by atoms with Crippen molar-refractivity contribution in [2.24, 2.45) is 5.73 Å². The van der Waals surface area contributed by atoms with Crippen molar-refractivity contribution in [3.8, 4) is 0 Å². The number of rotatable bonds is 4. The van der Waals surface area contributed by atoms with Crippen LogP contribution in [0, 0.1) is 6.92 Å². The van der Waals surface area contributed by atoms with Crippen LogP contribution in [0.5, 0.6) is 0 Å². The second-order valence-corrected chi connectivity index (χ2v) is 7.47. The summed E-state index contributed by atoms with van der Waals surface area (Å²) in [5.74, 6) is -0.537. The van der Waals surface area contributed by atoms with Gasteiger partial charge in [0.05, 0.1) is 5.41 Å². The Morgan fingerprint density at radius 2 is 1.77 bits per heavy atom. The highest BCUT2D eigenvalue weighted by atomic mass is 79.9. The quantitative estimate of drug-likeness (QED) is 0.799. The summed E-state index contributed by atoms with van der Waals surface area (Å²) in [6, 6.07) is 13.0. The van der Waals surface area contributed by atoms with Gasteiger partial charge < -0.3 is 15.8 Å². The summed E-state index contributed by atoms with van der Waals surface area (Å²) in [5, 5.41) is 3.01. The molecule has 6 heteroatoms. The number of nitrogens with two attached hydrogens (primary N) is 1. The molecule has 1 aliphatic rings. The zero-order valence-corrected chi connectivity index (χ0v) is 16.1. The standard InChI is InChI=1S/C20H21BrN2O3/c1-13-12-16(6-7-17(13)18(22)24)23-19(25)20(8-10-26-11-9-20)14-2-4-15(21)5-3-14/h2-7,12H,8-11H2,1H3,(H2,22,24)(H,23,25). The fourth-order valence-corrected chi connectivity index (χ4v) is 3.67. The second kappa shape index (κ2) is 7.60. The molecule has 1 heterocycles. The SMILES string of the molecule is Cc1cc(NC(=O)C2(c3ccc(Br)cc3)CCOCC2)ccc1C(N)=O. The van der Waals surface area contributed by atoms with Gasteiger partial charge in [-0.3, -0.25) is 9.59 Å². The Kier molecular flexibility index (Phi) is 5.44. The van der Waals surface area contributed by atoms with Crippen molar-refractivity contribution in [1.29, 1.82) is 0 Å². The van der Waals surface area contributed by atoms with Gasteiger partial charge in [0.1, 0.15) is 0 Å². The highest BCUT2D eigenvalue weighted by Gasteiger charge is 2.41. The highest BCUT2D eigenvalue weighted by Crippen LogP contribution is 2.37. The average molecular weight is 417 g/mol. The molecule has 2 amide bonds. The molecule has 0 atom stereocenters. The van der Waals surface area contributed by atoms with Gasteiger partial charge in [-0.15, -0.1) is 0 Å². The van der Waals surface area contributed by atoms with Gasteiger partial charge in [-0.05, 0) is 61.2 Å². The first-order valence-electron chi connectivity index (χ1n) is 8.48. The summed E-state index contributed by atoms with van der Waals surface area (Å²) in [7, 11) is 0. The molecule has 0 saturated carbocycles. The maximum absolute atomic E-state index is 13.2. The van der Waals surface area contributed by atoms with Crippen molar-refractivity contribution in [2.75, 3.05) is 18.5 Å². The lowest BCUT2D eigenvalue weighted by atomic mass is 9.73. The largest absolute Gasteiger partial charge is 0.381 e. The van der Waals surface area contributed by atoms with E-state index < -0.39 is 11.3 Å². The van der Waals surface area contributed by atoms with Crippen LogP contribution in [-0.2, 0) is 14.9 Å². The number of anilines is 1. The van der Waals surface area contributed by atoms with E-state index in [9.17, 15) is 9.59 Å². The molecular weight excluding hydrogens is 396 g/mol. The number of amides is 2. The van der Waals surface area contributed by atoms with Crippen LogP contribution in [0.2, 0.25) is 0 Å². The summed E-state index contributed by atoms with van der Waals surface area (Å²) >= 11 is 3.44. The van der Waals surface area contributed by atoms with Crippen LogP contribution >= 0.6 is 15.9 Å². The van der Waals surface area contributed by atoms with Gasteiger partial charge in [-0.1, -0.05) is 28.1 Å². The second-order valence-electron chi connectivity index (χ2n) is 6.55.